The van der Waals surface area contributed by atoms with E-state index >= 15 is 0 Å². The van der Waals surface area contributed by atoms with Crippen LogP contribution in [-0.2, 0) is 17.8 Å². The Morgan fingerprint density at radius 2 is 1.58 bits per heavy atom. The van der Waals surface area contributed by atoms with E-state index in [2.05, 4.69) is 5.32 Å². The van der Waals surface area contributed by atoms with Gasteiger partial charge in [0.05, 0.1) is 13.5 Å². The van der Waals surface area contributed by atoms with Crippen molar-refractivity contribution in [2.45, 2.75) is 25.8 Å². The first-order chi connectivity index (χ1) is 12.7. The Bertz CT molecular complexity index is 748. The van der Waals surface area contributed by atoms with Gasteiger partial charge in [0.1, 0.15) is 5.75 Å². The van der Waals surface area contributed by atoms with Gasteiger partial charge in [-0.3, -0.25) is 9.59 Å². The third kappa shape index (κ3) is 4.63. The highest BCUT2D eigenvalue weighted by Crippen LogP contribution is 2.14. The van der Waals surface area contributed by atoms with Crippen LogP contribution in [0, 0.1) is 0 Å². The van der Waals surface area contributed by atoms with Gasteiger partial charge in [-0.1, -0.05) is 24.3 Å². The third-order valence-corrected chi connectivity index (χ3v) is 4.61. The molecule has 1 fully saturated rings. The van der Waals surface area contributed by atoms with Gasteiger partial charge in [0, 0.05) is 25.2 Å². The molecule has 1 N–H and O–H groups in total. The minimum absolute atomic E-state index is 0.0348. The lowest BCUT2D eigenvalue weighted by atomic mass is 10.1. The molecule has 0 spiro atoms. The number of amides is 2. The van der Waals surface area contributed by atoms with E-state index in [1.54, 1.807) is 7.11 Å². The molecular weight excluding hydrogens is 328 g/mol. The Labute approximate surface area is 154 Å². The number of nitrogens with one attached hydrogen (secondary N) is 1. The quantitative estimate of drug-likeness (QED) is 0.870. The molecule has 0 saturated carbocycles. The summed E-state index contributed by atoms with van der Waals surface area (Å²) in [7, 11) is 1.62. The molecule has 0 atom stereocenters. The SMILES string of the molecule is COc1ccc(CC(=O)NCc2ccc(C(=O)N3CCCC3)cc2)cc1. The predicted octanol–water partition coefficient (Wildman–Crippen LogP) is 2.79. The molecule has 0 bridgehead atoms. The van der Waals surface area contributed by atoms with E-state index in [1.165, 1.54) is 0 Å². The molecule has 2 amide bonds. The second-order valence-electron chi connectivity index (χ2n) is 6.50. The summed E-state index contributed by atoms with van der Waals surface area (Å²) in [6.45, 7) is 2.15. The van der Waals surface area contributed by atoms with Crippen LogP contribution in [0.2, 0.25) is 0 Å². The molecule has 0 aliphatic carbocycles. The minimum Gasteiger partial charge on any atom is -0.497 e. The molecule has 2 aromatic carbocycles. The van der Waals surface area contributed by atoms with Crippen LogP contribution >= 0.6 is 0 Å². The van der Waals surface area contributed by atoms with Crippen LogP contribution in [-0.4, -0.2) is 36.9 Å². The Morgan fingerprint density at radius 3 is 2.19 bits per heavy atom. The summed E-state index contributed by atoms with van der Waals surface area (Å²) in [4.78, 5) is 26.3. The molecule has 26 heavy (non-hydrogen) atoms. The van der Waals surface area contributed by atoms with Crippen LogP contribution in [0.4, 0.5) is 0 Å². The standard InChI is InChI=1S/C21H24N2O3/c1-26-19-10-6-16(7-11-19)14-20(24)22-15-17-4-8-18(9-5-17)21(25)23-12-2-3-13-23/h4-11H,2-3,12-15H2,1H3,(H,22,24). The Balaban J connectivity index is 1.49. The van der Waals surface area contributed by atoms with E-state index in [0.717, 1.165) is 42.8 Å². The molecule has 1 aliphatic rings. The number of likely N-dealkylation sites (tertiary alicyclic amines) is 1. The molecule has 1 heterocycles. The molecule has 5 heteroatoms. The zero-order chi connectivity index (χ0) is 18.4. The Morgan fingerprint density at radius 1 is 0.962 bits per heavy atom. The normalized spacial score (nSPS) is 13.5. The van der Waals surface area contributed by atoms with Gasteiger partial charge in [-0.2, -0.15) is 0 Å². The topological polar surface area (TPSA) is 58.6 Å². The van der Waals surface area contributed by atoms with Crippen LogP contribution in [0.15, 0.2) is 48.5 Å². The maximum absolute atomic E-state index is 12.3. The molecule has 2 aromatic rings. The summed E-state index contributed by atoms with van der Waals surface area (Å²) in [6, 6.07) is 14.9. The molecule has 136 valence electrons. The van der Waals surface area contributed by atoms with E-state index in [4.69, 9.17) is 4.74 Å². The monoisotopic (exact) mass is 352 g/mol. The number of benzene rings is 2. The second-order valence-corrected chi connectivity index (χ2v) is 6.50. The average Bonchev–Trinajstić information content (AvgIpc) is 3.21. The minimum atomic E-state index is -0.0348. The van der Waals surface area contributed by atoms with Crippen LogP contribution in [0.5, 0.6) is 5.75 Å². The molecule has 5 nitrogen and oxygen atoms in total. The van der Waals surface area contributed by atoms with E-state index in [-0.39, 0.29) is 11.8 Å². The van der Waals surface area contributed by atoms with E-state index in [9.17, 15) is 9.59 Å². The second kappa shape index (κ2) is 8.52. The number of hydrogen-bond acceptors (Lipinski definition) is 3. The van der Waals surface area contributed by atoms with Gasteiger partial charge >= 0.3 is 0 Å². The lowest BCUT2D eigenvalue weighted by Gasteiger charge is -2.15. The molecule has 0 aromatic heterocycles. The summed E-state index contributed by atoms with van der Waals surface area (Å²) in [5.74, 6) is 0.836. The van der Waals surface area contributed by atoms with Crippen LogP contribution in [0.3, 0.4) is 0 Å². The van der Waals surface area contributed by atoms with E-state index < -0.39 is 0 Å². The van der Waals surface area contributed by atoms with Gasteiger partial charge < -0.3 is 15.0 Å². The van der Waals surface area contributed by atoms with E-state index in [1.807, 2.05) is 53.4 Å². The fraction of sp³-hybridized carbons (Fsp3) is 0.333. The lowest BCUT2D eigenvalue weighted by molar-refractivity contribution is -0.120. The van der Waals surface area contributed by atoms with Gasteiger partial charge in [-0.05, 0) is 48.2 Å². The maximum atomic E-state index is 12.3. The summed E-state index contributed by atoms with van der Waals surface area (Å²) >= 11 is 0. The predicted molar refractivity (Wildman–Crippen MR) is 100 cm³/mol. The summed E-state index contributed by atoms with van der Waals surface area (Å²) < 4.78 is 5.11. The lowest BCUT2D eigenvalue weighted by Crippen LogP contribution is -2.27. The van der Waals surface area contributed by atoms with Crippen LogP contribution < -0.4 is 10.1 Å². The zero-order valence-electron chi connectivity index (χ0n) is 15.0. The molecule has 3 rings (SSSR count). The number of methoxy groups -OCH3 is 1. The number of rotatable bonds is 6. The Kier molecular flexibility index (Phi) is 5.89. The van der Waals surface area contributed by atoms with Crippen LogP contribution in [0.25, 0.3) is 0 Å². The Hall–Kier alpha value is -2.82. The first-order valence-electron chi connectivity index (χ1n) is 8.93. The van der Waals surface area contributed by atoms with Crippen molar-refractivity contribution < 1.29 is 14.3 Å². The number of carbonyl (C=O) groups is 2. The van der Waals surface area contributed by atoms with Gasteiger partial charge in [0.25, 0.3) is 5.91 Å². The van der Waals surface area contributed by atoms with E-state index in [0.29, 0.717) is 18.5 Å². The molecule has 1 aliphatic heterocycles. The van der Waals surface area contributed by atoms with Crippen molar-refractivity contribution >= 4 is 11.8 Å². The van der Waals surface area contributed by atoms with Crippen LogP contribution in [0.1, 0.15) is 34.3 Å². The zero-order valence-corrected chi connectivity index (χ0v) is 15.0. The molecule has 1 saturated heterocycles. The maximum Gasteiger partial charge on any atom is 0.253 e. The number of hydrogen-bond donors (Lipinski definition) is 1. The largest absolute Gasteiger partial charge is 0.497 e. The van der Waals surface area contributed by atoms with Crippen molar-refractivity contribution in [3.63, 3.8) is 0 Å². The number of carbonyl (C=O) groups excluding carboxylic acids is 2. The highest BCUT2D eigenvalue weighted by molar-refractivity contribution is 5.94. The van der Waals surface area contributed by atoms with Gasteiger partial charge in [0.15, 0.2) is 0 Å². The third-order valence-electron chi connectivity index (χ3n) is 4.61. The fourth-order valence-corrected chi connectivity index (χ4v) is 3.06. The van der Waals surface area contributed by atoms with Crippen molar-refractivity contribution in [3.8, 4) is 5.75 Å². The smallest absolute Gasteiger partial charge is 0.253 e. The highest BCUT2D eigenvalue weighted by Gasteiger charge is 2.19. The van der Waals surface area contributed by atoms with Gasteiger partial charge in [-0.25, -0.2) is 0 Å². The van der Waals surface area contributed by atoms with Crippen molar-refractivity contribution in [3.05, 3.63) is 65.2 Å². The van der Waals surface area contributed by atoms with Crippen molar-refractivity contribution in [2.75, 3.05) is 20.2 Å². The molecule has 0 radical (unpaired) electrons. The van der Waals surface area contributed by atoms with Crippen molar-refractivity contribution in [1.29, 1.82) is 0 Å². The summed E-state index contributed by atoms with van der Waals surface area (Å²) in [5.41, 5.74) is 2.63. The average molecular weight is 352 g/mol. The molecular formula is C21H24N2O3. The highest BCUT2D eigenvalue weighted by atomic mass is 16.5. The summed E-state index contributed by atoms with van der Waals surface area (Å²) in [6.07, 6.45) is 2.50. The van der Waals surface area contributed by atoms with Crippen molar-refractivity contribution in [2.24, 2.45) is 0 Å². The molecule has 0 unspecified atom stereocenters. The van der Waals surface area contributed by atoms with Crippen molar-refractivity contribution in [1.82, 2.24) is 10.2 Å². The number of nitrogens with zero attached hydrogens (tertiary/aromatic N) is 1. The summed E-state index contributed by atoms with van der Waals surface area (Å²) in [5, 5.41) is 2.91. The first kappa shape index (κ1) is 18.0. The fourth-order valence-electron chi connectivity index (χ4n) is 3.06. The van der Waals surface area contributed by atoms with Gasteiger partial charge in [-0.15, -0.1) is 0 Å². The van der Waals surface area contributed by atoms with Gasteiger partial charge in [0.2, 0.25) is 5.91 Å². The first-order valence-corrected chi connectivity index (χ1v) is 8.93. The number of ether oxygens (including phenoxy) is 1.